The Morgan fingerprint density at radius 1 is 1.00 bits per heavy atom. The van der Waals surface area contributed by atoms with E-state index in [1.165, 1.54) is 49.1 Å². The summed E-state index contributed by atoms with van der Waals surface area (Å²) in [6.07, 6.45) is 8.03. The molecule has 2 nitrogen and oxygen atoms in total. The largest absolute Gasteiger partial charge is 0.385 e. The first-order chi connectivity index (χ1) is 9.90. The zero-order valence-electron chi connectivity index (χ0n) is 12.1. The molecule has 20 heavy (non-hydrogen) atoms. The first-order valence-electron chi connectivity index (χ1n) is 7.98. The lowest BCUT2D eigenvalue weighted by Gasteiger charge is -2.22. The SMILES string of the molecule is c1cc(SC2CCCC2)ccc1NCC1CCOCC1. The van der Waals surface area contributed by atoms with E-state index in [2.05, 4.69) is 41.3 Å². The molecule has 3 heteroatoms. The van der Waals surface area contributed by atoms with Crippen molar-refractivity contribution in [3.05, 3.63) is 24.3 Å². The van der Waals surface area contributed by atoms with Crippen molar-refractivity contribution in [2.24, 2.45) is 5.92 Å². The summed E-state index contributed by atoms with van der Waals surface area (Å²) in [5.74, 6) is 0.774. The molecule has 0 radical (unpaired) electrons. The van der Waals surface area contributed by atoms with Gasteiger partial charge in [0.15, 0.2) is 0 Å². The molecule has 1 aliphatic carbocycles. The van der Waals surface area contributed by atoms with Crippen LogP contribution in [0, 0.1) is 5.92 Å². The van der Waals surface area contributed by atoms with Gasteiger partial charge in [0.2, 0.25) is 0 Å². The number of hydrogen-bond acceptors (Lipinski definition) is 3. The minimum Gasteiger partial charge on any atom is -0.385 e. The van der Waals surface area contributed by atoms with Gasteiger partial charge >= 0.3 is 0 Å². The first kappa shape index (κ1) is 14.3. The van der Waals surface area contributed by atoms with Crippen LogP contribution in [0.5, 0.6) is 0 Å². The Morgan fingerprint density at radius 2 is 1.70 bits per heavy atom. The van der Waals surface area contributed by atoms with E-state index >= 15 is 0 Å². The van der Waals surface area contributed by atoms with E-state index in [-0.39, 0.29) is 0 Å². The molecule has 1 aliphatic heterocycles. The van der Waals surface area contributed by atoms with Crippen molar-refractivity contribution >= 4 is 17.4 Å². The Hall–Kier alpha value is -0.670. The van der Waals surface area contributed by atoms with Crippen LogP contribution in [0.4, 0.5) is 5.69 Å². The van der Waals surface area contributed by atoms with Crippen molar-refractivity contribution < 1.29 is 4.74 Å². The smallest absolute Gasteiger partial charge is 0.0469 e. The molecule has 0 unspecified atom stereocenters. The molecule has 110 valence electrons. The number of anilines is 1. The highest BCUT2D eigenvalue weighted by Crippen LogP contribution is 2.34. The number of thioether (sulfide) groups is 1. The van der Waals surface area contributed by atoms with Crippen molar-refractivity contribution in [2.75, 3.05) is 25.1 Å². The summed E-state index contributed by atoms with van der Waals surface area (Å²) in [6.45, 7) is 2.95. The number of rotatable bonds is 5. The summed E-state index contributed by atoms with van der Waals surface area (Å²) >= 11 is 2.06. The van der Waals surface area contributed by atoms with Gasteiger partial charge in [-0.05, 0) is 55.9 Å². The van der Waals surface area contributed by atoms with Crippen LogP contribution in [0.2, 0.25) is 0 Å². The van der Waals surface area contributed by atoms with Gasteiger partial charge in [-0.2, -0.15) is 0 Å². The lowest BCUT2D eigenvalue weighted by molar-refractivity contribution is 0.0699. The third-order valence-electron chi connectivity index (χ3n) is 4.39. The lowest BCUT2D eigenvalue weighted by atomic mass is 10.0. The van der Waals surface area contributed by atoms with Crippen LogP contribution in [0.25, 0.3) is 0 Å². The normalized spacial score (nSPS) is 21.2. The Balaban J connectivity index is 1.45. The van der Waals surface area contributed by atoms with Gasteiger partial charge < -0.3 is 10.1 Å². The predicted octanol–water partition coefficient (Wildman–Crippen LogP) is 4.56. The van der Waals surface area contributed by atoms with E-state index in [0.29, 0.717) is 0 Å². The maximum atomic E-state index is 5.40. The third-order valence-corrected chi connectivity index (χ3v) is 5.74. The summed E-state index contributed by atoms with van der Waals surface area (Å²) in [5, 5.41) is 4.43. The maximum absolute atomic E-state index is 5.40. The fourth-order valence-electron chi connectivity index (χ4n) is 3.06. The second kappa shape index (κ2) is 7.37. The minimum absolute atomic E-state index is 0.774. The number of hydrogen-bond donors (Lipinski definition) is 1. The molecule has 1 saturated heterocycles. The van der Waals surface area contributed by atoms with Crippen molar-refractivity contribution in [3.63, 3.8) is 0 Å². The zero-order chi connectivity index (χ0) is 13.6. The van der Waals surface area contributed by atoms with Gasteiger partial charge in [-0.3, -0.25) is 0 Å². The molecular formula is C17H25NOS. The van der Waals surface area contributed by atoms with E-state index in [0.717, 1.165) is 30.9 Å². The quantitative estimate of drug-likeness (QED) is 0.859. The highest BCUT2D eigenvalue weighted by atomic mass is 32.2. The molecular weight excluding hydrogens is 266 g/mol. The summed E-state index contributed by atoms with van der Waals surface area (Å²) in [7, 11) is 0. The highest BCUT2D eigenvalue weighted by molar-refractivity contribution is 8.00. The summed E-state index contributed by atoms with van der Waals surface area (Å²) < 4.78 is 5.40. The molecule has 1 saturated carbocycles. The molecule has 1 aromatic rings. The molecule has 2 fully saturated rings. The van der Waals surface area contributed by atoms with Gasteiger partial charge in [0.1, 0.15) is 0 Å². The van der Waals surface area contributed by atoms with E-state index < -0.39 is 0 Å². The Kier molecular flexibility index (Phi) is 5.26. The third kappa shape index (κ3) is 4.16. The number of benzene rings is 1. The van der Waals surface area contributed by atoms with E-state index in [4.69, 9.17) is 4.74 Å². The Bertz CT molecular complexity index is 394. The van der Waals surface area contributed by atoms with Gasteiger partial charge in [-0.25, -0.2) is 0 Å². The van der Waals surface area contributed by atoms with Crippen LogP contribution in [-0.2, 0) is 4.74 Å². The molecule has 1 heterocycles. The number of ether oxygens (including phenoxy) is 1. The van der Waals surface area contributed by atoms with Crippen LogP contribution in [-0.4, -0.2) is 25.0 Å². The molecule has 0 amide bonds. The summed E-state index contributed by atoms with van der Waals surface area (Å²) in [6, 6.07) is 9.01. The second-order valence-electron chi connectivity index (χ2n) is 5.99. The molecule has 0 spiro atoms. The number of nitrogens with one attached hydrogen (secondary N) is 1. The van der Waals surface area contributed by atoms with Crippen LogP contribution in [0.1, 0.15) is 38.5 Å². The van der Waals surface area contributed by atoms with Gasteiger partial charge in [-0.15, -0.1) is 11.8 Å². The molecule has 0 aromatic heterocycles. The van der Waals surface area contributed by atoms with Gasteiger partial charge in [0, 0.05) is 35.6 Å². The maximum Gasteiger partial charge on any atom is 0.0469 e. The van der Waals surface area contributed by atoms with E-state index in [1.807, 2.05) is 0 Å². The topological polar surface area (TPSA) is 21.3 Å². The van der Waals surface area contributed by atoms with Gasteiger partial charge in [0.05, 0.1) is 0 Å². The molecule has 0 atom stereocenters. The van der Waals surface area contributed by atoms with Crippen LogP contribution in [0.15, 0.2) is 29.2 Å². The van der Waals surface area contributed by atoms with E-state index in [9.17, 15) is 0 Å². The standard InChI is InChI=1S/C17H25NOS/c1-2-4-16(3-1)20-17-7-5-15(6-8-17)18-13-14-9-11-19-12-10-14/h5-8,14,16,18H,1-4,9-13H2. The van der Waals surface area contributed by atoms with Crippen molar-refractivity contribution in [3.8, 4) is 0 Å². The average Bonchev–Trinajstić information content (AvgIpc) is 3.01. The fourth-order valence-corrected chi connectivity index (χ4v) is 4.31. The van der Waals surface area contributed by atoms with Crippen molar-refractivity contribution in [1.29, 1.82) is 0 Å². The Labute approximate surface area is 126 Å². The van der Waals surface area contributed by atoms with E-state index in [1.54, 1.807) is 0 Å². The molecule has 1 N–H and O–H groups in total. The lowest BCUT2D eigenvalue weighted by Crippen LogP contribution is -2.22. The molecule has 0 bridgehead atoms. The first-order valence-corrected chi connectivity index (χ1v) is 8.86. The minimum atomic E-state index is 0.774. The fraction of sp³-hybridized carbons (Fsp3) is 0.647. The molecule has 3 rings (SSSR count). The zero-order valence-corrected chi connectivity index (χ0v) is 13.0. The molecule has 2 aliphatic rings. The summed E-state index contributed by atoms with van der Waals surface area (Å²) in [4.78, 5) is 1.42. The predicted molar refractivity (Wildman–Crippen MR) is 86.6 cm³/mol. The van der Waals surface area contributed by atoms with Crippen LogP contribution in [0.3, 0.4) is 0 Å². The summed E-state index contributed by atoms with van der Waals surface area (Å²) in [5.41, 5.74) is 1.26. The monoisotopic (exact) mass is 291 g/mol. The molecule has 1 aromatic carbocycles. The van der Waals surface area contributed by atoms with Gasteiger partial charge in [-0.1, -0.05) is 12.8 Å². The van der Waals surface area contributed by atoms with Crippen LogP contribution >= 0.6 is 11.8 Å². The van der Waals surface area contributed by atoms with Gasteiger partial charge in [0.25, 0.3) is 0 Å². The Morgan fingerprint density at radius 3 is 2.40 bits per heavy atom. The average molecular weight is 291 g/mol. The van der Waals surface area contributed by atoms with Crippen molar-refractivity contribution in [2.45, 2.75) is 48.7 Å². The van der Waals surface area contributed by atoms with Crippen LogP contribution < -0.4 is 5.32 Å². The highest BCUT2D eigenvalue weighted by Gasteiger charge is 2.16. The van der Waals surface area contributed by atoms with Crippen molar-refractivity contribution in [1.82, 2.24) is 0 Å². The second-order valence-corrected chi connectivity index (χ2v) is 7.36.